The average molecular weight is 344 g/mol. The number of rotatable bonds is 4. The van der Waals surface area contributed by atoms with Crippen LogP contribution in [0.2, 0.25) is 0 Å². The molecule has 0 aliphatic heterocycles. The Balaban J connectivity index is 2.16. The Morgan fingerprint density at radius 2 is 2.32 bits per heavy atom. The van der Waals surface area contributed by atoms with Crippen molar-refractivity contribution in [3.8, 4) is 0 Å². The van der Waals surface area contributed by atoms with E-state index in [1.807, 2.05) is 17.6 Å². The van der Waals surface area contributed by atoms with E-state index in [1.165, 1.54) is 12.0 Å². The molecule has 0 radical (unpaired) electrons. The van der Waals surface area contributed by atoms with Crippen LogP contribution in [0.25, 0.3) is 0 Å². The van der Waals surface area contributed by atoms with Gasteiger partial charge in [-0.25, -0.2) is 9.78 Å². The number of hydrogen-bond donors (Lipinski definition) is 1. The number of nitrogen functional groups attached to an aromatic ring is 1. The summed E-state index contributed by atoms with van der Waals surface area (Å²) in [7, 11) is 1.32. The third kappa shape index (κ3) is 2.98. The number of thiophene rings is 1. The van der Waals surface area contributed by atoms with E-state index in [2.05, 4.69) is 31.7 Å². The van der Waals surface area contributed by atoms with Gasteiger partial charge in [0.25, 0.3) is 0 Å². The van der Waals surface area contributed by atoms with Crippen molar-refractivity contribution < 1.29 is 9.53 Å². The van der Waals surface area contributed by atoms with Crippen LogP contribution in [0.5, 0.6) is 0 Å². The minimum atomic E-state index is -0.502. The van der Waals surface area contributed by atoms with Crippen molar-refractivity contribution in [2.24, 2.45) is 0 Å². The van der Waals surface area contributed by atoms with E-state index in [0.29, 0.717) is 18.2 Å². The summed E-state index contributed by atoms with van der Waals surface area (Å²) in [5, 5.41) is 0. The molecule has 0 aliphatic carbocycles. The van der Waals surface area contributed by atoms with E-state index in [-0.39, 0.29) is 5.69 Å². The average Bonchev–Trinajstić information content (AvgIpc) is 2.91. The number of nitrogens with two attached hydrogens (primary N) is 1. The van der Waals surface area contributed by atoms with Crippen LogP contribution < -0.4 is 5.73 Å². The molecule has 2 aromatic heterocycles. The fraction of sp³-hybridized carbons (Fsp3) is 0.333. The van der Waals surface area contributed by atoms with Crippen molar-refractivity contribution in [2.45, 2.75) is 19.9 Å². The molecule has 0 saturated heterocycles. The number of carbonyl (C=O) groups excluding carboxylic acids is 1. The largest absolute Gasteiger partial charge is 0.464 e. The fourth-order valence-corrected chi connectivity index (χ4v) is 3.29. The van der Waals surface area contributed by atoms with Gasteiger partial charge in [0.15, 0.2) is 5.69 Å². The van der Waals surface area contributed by atoms with Gasteiger partial charge >= 0.3 is 5.97 Å². The maximum absolute atomic E-state index is 11.5. The van der Waals surface area contributed by atoms with Crippen LogP contribution in [0.4, 0.5) is 5.82 Å². The van der Waals surface area contributed by atoms with Crippen LogP contribution in [0.15, 0.2) is 15.9 Å². The summed E-state index contributed by atoms with van der Waals surface area (Å²) in [5.41, 5.74) is 6.13. The Morgan fingerprint density at radius 1 is 1.58 bits per heavy atom. The molecule has 0 amide bonds. The number of halogens is 1. The number of carbonyl (C=O) groups is 1. The highest BCUT2D eigenvalue weighted by atomic mass is 79.9. The molecular formula is C12H14BrN3O2S. The first-order valence-corrected chi connectivity index (χ1v) is 7.29. The molecule has 2 N–H and O–H groups in total. The zero-order valence-corrected chi connectivity index (χ0v) is 13.0. The molecule has 0 atom stereocenters. The number of nitrogens with zero attached hydrogens (tertiary/aromatic N) is 2. The molecule has 0 saturated carbocycles. The number of anilines is 1. The number of aromatic nitrogens is 2. The van der Waals surface area contributed by atoms with Crippen LogP contribution in [0.3, 0.4) is 0 Å². The van der Waals surface area contributed by atoms with E-state index in [1.54, 1.807) is 11.3 Å². The van der Waals surface area contributed by atoms with Gasteiger partial charge < -0.3 is 15.0 Å². The maximum atomic E-state index is 11.5. The summed E-state index contributed by atoms with van der Waals surface area (Å²) in [6.45, 7) is 2.52. The Hall–Kier alpha value is -1.34. The van der Waals surface area contributed by atoms with Gasteiger partial charge in [-0.1, -0.05) is 0 Å². The van der Waals surface area contributed by atoms with Crippen LogP contribution in [0.1, 0.15) is 21.2 Å². The number of esters is 1. The highest BCUT2D eigenvalue weighted by Crippen LogP contribution is 2.23. The molecule has 2 rings (SSSR count). The van der Waals surface area contributed by atoms with Crippen LogP contribution in [0, 0.1) is 6.92 Å². The minimum Gasteiger partial charge on any atom is -0.464 e. The van der Waals surface area contributed by atoms with Crippen molar-refractivity contribution in [3.05, 3.63) is 32.3 Å². The van der Waals surface area contributed by atoms with Gasteiger partial charge in [-0.2, -0.15) is 0 Å². The number of aryl methyl sites for hydroxylation is 2. The summed E-state index contributed by atoms with van der Waals surface area (Å²) in [6, 6.07) is 4.09. The summed E-state index contributed by atoms with van der Waals surface area (Å²) in [6.07, 6.45) is 0.846. The van der Waals surface area contributed by atoms with E-state index < -0.39 is 5.97 Å². The Bertz CT molecular complexity index is 606. The molecule has 0 spiro atoms. The Morgan fingerprint density at radius 3 is 2.89 bits per heavy atom. The third-order valence-electron chi connectivity index (χ3n) is 2.79. The van der Waals surface area contributed by atoms with E-state index in [4.69, 9.17) is 5.73 Å². The van der Waals surface area contributed by atoms with Crippen molar-refractivity contribution >= 4 is 39.1 Å². The lowest BCUT2D eigenvalue weighted by molar-refractivity contribution is 0.0595. The summed E-state index contributed by atoms with van der Waals surface area (Å²) in [5.74, 6) is 0.576. The molecule has 5 nitrogen and oxygen atoms in total. The van der Waals surface area contributed by atoms with Gasteiger partial charge in [-0.05, 0) is 41.4 Å². The second kappa shape index (κ2) is 5.75. The van der Waals surface area contributed by atoms with Crippen LogP contribution >= 0.6 is 27.3 Å². The van der Waals surface area contributed by atoms with Crippen LogP contribution in [-0.2, 0) is 17.7 Å². The molecule has 19 heavy (non-hydrogen) atoms. The monoisotopic (exact) mass is 343 g/mol. The standard InChI is InChI=1S/C12H14BrN3O2S/c1-7-15-10(12(17)18-2)11(14)16(7)6-5-8-3-4-9(13)19-8/h3-4H,5-6,14H2,1-2H3. The van der Waals surface area contributed by atoms with Crippen LogP contribution in [-0.4, -0.2) is 22.6 Å². The quantitative estimate of drug-likeness (QED) is 0.866. The van der Waals surface area contributed by atoms with Crippen molar-refractivity contribution in [1.82, 2.24) is 9.55 Å². The first-order chi connectivity index (χ1) is 9.02. The fourth-order valence-electron chi connectivity index (χ4n) is 1.82. The van der Waals surface area contributed by atoms with Gasteiger partial charge in [0.2, 0.25) is 0 Å². The number of imidazole rings is 1. The van der Waals surface area contributed by atoms with E-state index in [9.17, 15) is 4.79 Å². The molecule has 102 valence electrons. The molecule has 0 unspecified atom stereocenters. The highest BCUT2D eigenvalue weighted by molar-refractivity contribution is 9.11. The second-order valence-electron chi connectivity index (χ2n) is 3.99. The summed E-state index contributed by atoms with van der Waals surface area (Å²) < 4.78 is 7.59. The smallest absolute Gasteiger partial charge is 0.360 e. The normalized spacial score (nSPS) is 10.7. The number of ether oxygens (including phenoxy) is 1. The first kappa shape index (κ1) is 14.1. The van der Waals surface area contributed by atoms with Gasteiger partial charge in [-0.15, -0.1) is 11.3 Å². The Kier molecular flexibility index (Phi) is 4.26. The predicted octanol–water partition coefficient (Wildman–Crippen LogP) is 2.63. The zero-order chi connectivity index (χ0) is 14.0. The van der Waals surface area contributed by atoms with Gasteiger partial charge in [-0.3, -0.25) is 0 Å². The van der Waals surface area contributed by atoms with Gasteiger partial charge in [0.1, 0.15) is 11.6 Å². The van der Waals surface area contributed by atoms with Gasteiger partial charge in [0, 0.05) is 11.4 Å². The van der Waals surface area contributed by atoms with Crippen molar-refractivity contribution in [1.29, 1.82) is 0 Å². The molecule has 0 fully saturated rings. The second-order valence-corrected chi connectivity index (χ2v) is 6.54. The predicted molar refractivity (Wildman–Crippen MR) is 78.4 cm³/mol. The first-order valence-electron chi connectivity index (χ1n) is 5.68. The molecule has 0 aliphatic rings. The topological polar surface area (TPSA) is 70.1 Å². The minimum absolute atomic E-state index is 0.187. The Labute approximate surface area is 123 Å². The molecule has 2 heterocycles. The van der Waals surface area contributed by atoms with E-state index in [0.717, 1.165) is 10.2 Å². The van der Waals surface area contributed by atoms with Gasteiger partial charge in [0.05, 0.1) is 10.9 Å². The molecular weight excluding hydrogens is 330 g/mol. The molecule has 0 aromatic carbocycles. The van der Waals surface area contributed by atoms with E-state index >= 15 is 0 Å². The lowest BCUT2D eigenvalue weighted by Gasteiger charge is -2.06. The van der Waals surface area contributed by atoms with Crippen molar-refractivity contribution in [2.75, 3.05) is 12.8 Å². The highest BCUT2D eigenvalue weighted by Gasteiger charge is 2.18. The third-order valence-corrected chi connectivity index (χ3v) is 4.47. The number of methoxy groups -OCH3 is 1. The summed E-state index contributed by atoms with van der Waals surface area (Å²) in [4.78, 5) is 16.9. The SMILES string of the molecule is COC(=O)c1nc(C)n(CCc2ccc(Br)s2)c1N. The molecule has 7 heteroatoms. The van der Waals surface area contributed by atoms with Crippen molar-refractivity contribution in [3.63, 3.8) is 0 Å². The molecule has 0 bridgehead atoms. The lowest BCUT2D eigenvalue weighted by atomic mass is 10.3. The maximum Gasteiger partial charge on any atom is 0.360 e. The molecule has 2 aromatic rings. The summed E-state index contributed by atoms with van der Waals surface area (Å²) >= 11 is 5.12. The zero-order valence-electron chi connectivity index (χ0n) is 10.6. The lowest BCUT2D eigenvalue weighted by Crippen LogP contribution is -2.09. The number of hydrogen-bond acceptors (Lipinski definition) is 5.